The van der Waals surface area contributed by atoms with Gasteiger partial charge in [-0.2, -0.15) is 0 Å². The number of carbonyl (C=O) groups is 2. The molecule has 132 valence electrons. The molecule has 1 atom stereocenters. The quantitative estimate of drug-likeness (QED) is 0.508. The number of nitrogens with one attached hydrogen (secondary N) is 2. The van der Waals surface area contributed by atoms with Gasteiger partial charge in [-0.15, -0.1) is 0 Å². The average Bonchev–Trinajstić information content (AvgIpc) is 3.21. The summed E-state index contributed by atoms with van der Waals surface area (Å²) in [5.41, 5.74) is 2.61. The van der Waals surface area contributed by atoms with Gasteiger partial charge in [0.2, 0.25) is 0 Å². The van der Waals surface area contributed by atoms with Crippen molar-refractivity contribution in [2.24, 2.45) is 0 Å². The van der Waals surface area contributed by atoms with Gasteiger partial charge < -0.3 is 9.73 Å². The third-order valence-electron chi connectivity index (χ3n) is 3.97. The fourth-order valence-electron chi connectivity index (χ4n) is 2.52. The van der Waals surface area contributed by atoms with Crippen LogP contribution >= 0.6 is 0 Å². The summed E-state index contributed by atoms with van der Waals surface area (Å²) in [6, 6.07) is 20.1. The molecule has 5 nitrogen and oxygen atoms in total. The first kappa shape index (κ1) is 17.6. The Hall–Kier alpha value is -3.18. The molecule has 1 heterocycles. The fourth-order valence-corrected chi connectivity index (χ4v) is 2.52. The molecule has 1 aromatic heterocycles. The molecule has 0 saturated heterocycles. The van der Waals surface area contributed by atoms with Gasteiger partial charge in [-0.05, 0) is 24.6 Å². The molecule has 5 heteroatoms. The molecule has 0 spiro atoms. The zero-order chi connectivity index (χ0) is 18.4. The molecule has 1 amide bonds. The summed E-state index contributed by atoms with van der Waals surface area (Å²) in [5.74, 6) is -0.491. The smallest absolute Gasteiger partial charge is 0.288 e. The lowest BCUT2D eigenvalue weighted by atomic mass is 10.1. The Bertz CT molecular complexity index is 856. The highest BCUT2D eigenvalue weighted by Crippen LogP contribution is 2.08. The van der Waals surface area contributed by atoms with Crippen LogP contribution in [0.1, 0.15) is 32.0 Å². The third-order valence-corrected chi connectivity index (χ3v) is 3.97. The molecule has 0 bridgehead atoms. The SMILES string of the molecule is Cc1ccc(C(=O)C(NCc2ccccc2)NC(=O)c2ccco2)cc1. The van der Waals surface area contributed by atoms with Crippen LogP contribution in [0, 0.1) is 6.92 Å². The fraction of sp³-hybridized carbons (Fsp3) is 0.143. The molecule has 1 unspecified atom stereocenters. The van der Waals surface area contributed by atoms with Crippen molar-refractivity contribution in [2.45, 2.75) is 19.6 Å². The van der Waals surface area contributed by atoms with E-state index >= 15 is 0 Å². The topological polar surface area (TPSA) is 71.3 Å². The summed E-state index contributed by atoms with van der Waals surface area (Å²) < 4.78 is 5.11. The molecule has 0 fully saturated rings. The van der Waals surface area contributed by atoms with Crippen LogP contribution in [-0.4, -0.2) is 17.9 Å². The van der Waals surface area contributed by atoms with Gasteiger partial charge in [-0.25, -0.2) is 0 Å². The van der Waals surface area contributed by atoms with E-state index in [2.05, 4.69) is 10.6 Å². The van der Waals surface area contributed by atoms with E-state index in [1.165, 1.54) is 6.26 Å². The monoisotopic (exact) mass is 348 g/mol. The predicted molar refractivity (Wildman–Crippen MR) is 98.8 cm³/mol. The Kier molecular flexibility index (Phi) is 5.61. The molecule has 2 N–H and O–H groups in total. The summed E-state index contributed by atoms with van der Waals surface area (Å²) in [7, 11) is 0. The second kappa shape index (κ2) is 8.27. The van der Waals surface area contributed by atoms with E-state index in [4.69, 9.17) is 4.42 Å². The van der Waals surface area contributed by atoms with Crippen LogP contribution in [0.15, 0.2) is 77.4 Å². The molecule has 26 heavy (non-hydrogen) atoms. The minimum absolute atomic E-state index is 0.160. The largest absolute Gasteiger partial charge is 0.459 e. The number of hydrogen-bond acceptors (Lipinski definition) is 4. The predicted octanol–water partition coefficient (Wildman–Crippen LogP) is 3.32. The van der Waals surface area contributed by atoms with Crippen LogP contribution in [0.5, 0.6) is 0 Å². The lowest BCUT2D eigenvalue weighted by Crippen LogP contribution is -2.50. The number of ketones is 1. The summed E-state index contributed by atoms with van der Waals surface area (Å²) in [5, 5.41) is 5.83. The van der Waals surface area contributed by atoms with Gasteiger partial charge in [-0.1, -0.05) is 60.2 Å². The summed E-state index contributed by atoms with van der Waals surface area (Å²) in [6.45, 7) is 2.40. The first-order valence-electron chi connectivity index (χ1n) is 8.36. The molecule has 3 aromatic rings. The van der Waals surface area contributed by atoms with Gasteiger partial charge in [0.1, 0.15) is 6.17 Å². The maximum atomic E-state index is 12.9. The Morgan fingerprint density at radius 3 is 2.35 bits per heavy atom. The summed E-state index contributed by atoms with van der Waals surface area (Å²) in [6.07, 6.45) is 0.554. The molecule has 2 aromatic carbocycles. The van der Waals surface area contributed by atoms with E-state index in [1.807, 2.05) is 49.4 Å². The minimum Gasteiger partial charge on any atom is -0.459 e. The lowest BCUT2D eigenvalue weighted by Gasteiger charge is -2.19. The van der Waals surface area contributed by atoms with E-state index in [-0.39, 0.29) is 11.5 Å². The van der Waals surface area contributed by atoms with Crippen LogP contribution in [0.3, 0.4) is 0 Å². The summed E-state index contributed by atoms with van der Waals surface area (Å²) in [4.78, 5) is 25.2. The van der Waals surface area contributed by atoms with Crippen molar-refractivity contribution in [2.75, 3.05) is 0 Å². The van der Waals surface area contributed by atoms with Crippen molar-refractivity contribution in [1.82, 2.24) is 10.6 Å². The second-order valence-corrected chi connectivity index (χ2v) is 5.98. The Balaban J connectivity index is 1.76. The Labute approximate surface area is 152 Å². The zero-order valence-electron chi connectivity index (χ0n) is 14.4. The van der Waals surface area contributed by atoms with Gasteiger partial charge >= 0.3 is 0 Å². The van der Waals surface area contributed by atoms with E-state index in [0.29, 0.717) is 12.1 Å². The van der Waals surface area contributed by atoms with Crippen LogP contribution in [0.25, 0.3) is 0 Å². The molecule has 0 aliphatic heterocycles. The highest BCUT2D eigenvalue weighted by atomic mass is 16.3. The lowest BCUT2D eigenvalue weighted by molar-refractivity contribution is 0.0821. The van der Waals surface area contributed by atoms with Crippen LogP contribution < -0.4 is 10.6 Å². The molecule has 0 radical (unpaired) electrons. The molecular weight excluding hydrogens is 328 g/mol. The third kappa shape index (κ3) is 4.46. The van der Waals surface area contributed by atoms with Crippen molar-refractivity contribution < 1.29 is 14.0 Å². The Morgan fingerprint density at radius 1 is 0.962 bits per heavy atom. The van der Waals surface area contributed by atoms with Gasteiger partial charge in [0.15, 0.2) is 11.5 Å². The van der Waals surface area contributed by atoms with Gasteiger partial charge in [-0.3, -0.25) is 14.9 Å². The second-order valence-electron chi connectivity index (χ2n) is 5.98. The number of benzene rings is 2. The molecule has 0 aliphatic rings. The van der Waals surface area contributed by atoms with Crippen LogP contribution in [-0.2, 0) is 6.54 Å². The average molecular weight is 348 g/mol. The number of carbonyl (C=O) groups excluding carboxylic acids is 2. The maximum absolute atomic E-state index is 12.9. The van der Waals surface area contributed by atoms with Crippen molar-refractivity contribution >= 4 is 11.7 Å². The first-order valence-corrected chi connectivity index (χ1v) is 8.36. The minimum atomic E-state index is -0.865. The maximum Gasteiger partial charge on any atom is 0.288 e. The normalized spacial score (nSPS) is 11.7. The van der Waals surface area contributed by atoms with Crippen molar-refractivity contribution in [3.63, 3.8) is 0 Å². The molecule has 0 aliphatic carbocycles. The van der Waals surface area contributed by atoms with E-state index in [9.17, 15) is 9.59 Å². The van der Waals surface area contributed by atoms with Gasteiger partial charge in [0.25, 0.3) is 5.91 Å². The standard InChI is InChI=1S/C21H20N2O3/c1-15-9-11-17(12-10-15)19(24)20(22-14-16-6-3-2-4-7-16)23-21(25)18-8-5-13-26-18/h2-13,20,22H,14H2,1H3,(H,23,25). The van der Waals surface area contributed by atoms with Crippen LogP contribution in [0.2, 0.25) is 0 Å². The van der Waals surface area contributed by atoms with Gasteiger partial charge in [0, 0.05) is 12.1 Å². The zero-order valence-corrected chi connectivity index (χ0v) is 14.4. The number of Topliss-reactive ketones (excluding diaryl/α,β-unsaturated/α-hetero) is 1. The number of hydrogen-bond donors (Lipinski definition) is 2. The van der Waals surface area contributed by atoms with E-state index < -0.39 is 12.1 Å². The van der Waals surface area contributed by atoms with Gasteiger partial charge in [0.05, 0.1) is 6.26 Å². The summed E-state index contributed by atoms with van der Waals surface area (Å²) >= 11 is 0. The number of aryl methyl sites for hydroxylation is 1. The highest BCUT2D eigenvalue weighted by molar-refractivity contribution is 6.03. The molecular formula is C21H20N2O3. The van der Waals surface area contributed by atoms with Crippen LogP contribution in [0.4, 0.5) is 0 Å². The van der Waals surface area contributed by atoms with Crippen molar-refractivity contribution in [1.29, 1.82) is 0 Å². The number of rotatable bonds is 7. The Morgan fingerprint density at radius 2 is 1.69 bits per heavy atom. The van der Waals surface area contributed by atoms with Crippen molar-refractivity contribution in [3.05, 3.63) is 95.4 Å². The first-order chi connectivity index (χ1) is 12.6. The highest BCUT2D eigenvalue weighted by Gasteiger charge is 2.23. The molecule has 3 rings (SSSR count). The number of furan rings is 1. The number of amides is 1. The van der Waals surface area contributed by atoms with Crippen molar-refractivity contribution in [3.8, 4) is 0 Å². The van der Waals surface area contributed by atoms with E-state index in [0.717, 1.165) is 11.1 Å². The molecule has 0 saturated carbocycles. The van der Waals surface area contributed by atoms with E-state index in [1.54, 1.807) is 24.3 Å².